The van der Waals surface area contributed by atoms with Crippen molar-refractivity contribution in [3.8, 4) is 11.5 Å². The van der Waals surface area contributed by atoms with Gasteiger partial charge >= 0.3 is 0 Å². The molecule has 0 aliphatic carbocycles. The normalized spacial score (nSPS) is 21.7. The summed E-state index contributed by atoms with van der Waals surface area (Å²) in [5, 5.41) is 1.74. The molecule has 0 N–H and O–H groups in total. The van der Waals surface area contributed by atoms with E-state index in [1.807, 2.05) is 76.2 Å². The Morgan fingerprint density at radius 2 is 1.36 bits per heavy atom. The molecular formula is C30H30N2O4. The van der Waals surface area contributed by atoms with Gasteiger partial charge in [-0.15, -0.1) is 0 Å². The Bertz CT molecular complexity index is 1720. The van der Waals surface area contributed by atoms with Crippen LogP contribution < -0.4 is 20.6 Å². The fourth-order valence-corrected chi connectivity index (χ4v) is 6.24. The van der Waals surface area contributed by atoms with Crippen molar-refractivity contribution in [2.45, 2.75) is 45.3 Å². The van der Waals surface area contributed by atoms with E-state index in [4.69, 9.17) is 9.47 Å². The van der Waals surface area contributed by atoms with Crippen LogP contribution in [0.3, 0.4) is 0 Å². The van der Waals surface area contributed by atoms with Crippen LogP contribution in [-0.4, -0.2) is 14.7 Å². The van der Waals surface area contributed by atoms with Crippen LogP contribution in [0, 0.1) is 5.92 Å². The highest BCUT2D eigenvalue weighted by Gasteiger charge is 2.54. The van der Waals surface area contributed by atoms with E-state index >= 15 is 0 Å². The predicted octanol–water partition coefficient (Wildman–Crippen LogP) is 5.36. The summed E-state index contributed by atoms with van der Waals surface area (Å²) in [6, 6.07) is 15.6. The molecule has 2 aliphatic rings. The molecule has 184 valence electrons. The first-order valence-electron chi connectivity index (χ1n) is 12.4. The molecule has 0 amide bonds. The maximum absolute atomic E-state index is 13.8. The lowest BCUT2D eigenvalue weighted by molar-refractivity contribution is -0.0595. The van der Waals surface area contributed by atoms with Crippen molar-refractivity contribution < 1.29 is 9.47 Å². The van der Waals surface area contributed by atoms with Gasteiger partial charge in [0.25, 0.3) is 11.1 Å². The molecule has 0 unspecified atom stereocenters. The number of nitrogens with zero attached hydrogens (tertiary/aromatic N) is 2. The quantitative estimate of drug-likeness (QED) is 0.343. The minimum Gasteiger partial charge on any atom is -0.486 e. The number of allylic oxidation sites excluding steroid dienone is 2. The molecule has 2 aliphatic heterocycles. The van der Waals surface area contributed by atoms with E-state index in [-0.39, 0.29) is 23.0 Å². The highest BCUT2D eigenvalue weighted by Crippen LogP contribution is 2.57. The van der Waals surface area contributed by atoms with Crippen LogP contribution in [0.15, 0.2) is 69.8 Å². The van der Waals surface area contributed by atoms with Gasteiger partial charge in [-0.1, -0.05) is 35.9 Å². The predicted molar refractivity (Wildman–Crippen MR) is 142 cm³/mol. The van der Waals surface area contributed by atoms with E-state index in [9.17, 15) is 9.59 Å². The number of ether oxygens (including phenoxy) is 2. The molecule has 6 rings (SSSR count). The second-order valence-electron chi connectivity index (χ2n) is 10.8. The van der Waals surface area contributed by atoms with E-state index in [0.29, 0.717) is 22.6 Å². The maximum Gasteiger partial charge on any atom is 0.261 e. The number of hydrogen-bond acceptors (Lipinski definition) is 4. The van der Waals surface area contributed by atoms with Gasteiger partial charge < -0.3 is 18.6 Å². The van der Waals surface area contributed by atoms with E-state index in [1.54, 1.807) is 23.2 Å². The Kier molecular flexibility index (Phi) is 4.78. The third-order valence-electron chi connectivity index (χ3n) is 7.84. The highest BCUT2D eigenvalue weighted by molar-refractivity contribution is 5.89. The van der Waals surface area contributed by atoms with Crippen LogP contribution in [0.1, 0.15) is 50.8 Å². The molecular weight excluding hydrogens is 452 g/mol. The number of para-hydroxylation sites is 2. The molecule has 4 aromatic rings. The minimum absolute atomic E-state index is 0.0855. The average molecular weight is 483 g/mol. The summed E-state index contributed by atoms with van der Waals surface area (Å²) < 4.78 is 16.9. The topological polar surface area (TPSA) is 62.5 Å². The zero-order valence-corrected chi connectivity index (χ0v) is 21.5. The molecule has 0 fully saturated rings. The highest BCUT2D eigenvalue weighted by atomic mass is 16.5. The van der Waals surface area contributed by atoms with Crippen LogP contribution in [0.2, 0.25) is 0 Å². The van der Waals surface area contributed by atoms with Crippen molar-refractivity contribution in [1.82, 2.24) is 9.13 Å². The van der Waals surface area contributed by atoms with Crippen LogP contribution in [0.25, 0.3) is 21.8 Å². The number of aromatic nitrogens is 2. The van der Waals surface area contributed by atoms with Gasteiger partial charge in [0, 0.05) is 30.8 Å². The van der Waals surface area contributed by atoms with Crippen molar-refractivity contribution in [2.75, 3.05) is 0 Å². The summed E-state index contributed by atoms with van der Waals surface area (Å²) in [5.41, 5.74) is 2.91. The fraction of sp³-hybridized carbons (Fsp3) is 0.333. The van der Waals surface area contributed by atoms with Crippen molar-refractivity contribution in [3.63, 3.8) is 0 Å². The lowest BCUT2D eigenvalue weighted by Gasteiger charge is -2.50. The molecule has 3 atom stereocenters. The zero-order valence-electron chi connectivity index (χ0n) is 21.5. The van der Waals surface area contributed by atoms with Crippen molar-refractivity contribution >= 4 is 21.8 Å². The summed E-state index contributed by atoms with van der Waals surface area (Å²) in [6.07, 6.45) is 1.56. The van der Waals surface area contributed by atoms with Gasteiger partial charge in [-0.3, -0.25) is 9.59 Å². The Balaban J connectivity index is 1.75. The van der Waals surface area contributed by atoms with E-state index in [2.05, 4.69) is 6.08 Å². The molecule has 4 heterocycles. The number of aryl methyl sites for hydroxylation is 2. The summed E-state index contributed by atoms with van der Waals surface area (Å²) in [4.78, 5) is 27.6. The summed E-state index contributed by atoms with van der Waals surface area (Å²) >= 11 is 0. The van der Waals surface area contributed by atoms with Gasteiger partial charge in [-0.25, -0.2) is 0 Å². The van der Waals surface area contributed by atoms with Gasteiger partial charge in [0.1, 0.15) is 28.8 Å². The Morgan fingerprint density at radius 1 is 0.833 bits per heavy atom. The molecule has 6 heteroatoms. The molecule has 0 saturated heterocycles. The minimum atomic E-state index is -0.711. The third-order valence-corrected chi connectivity index (χ3v) is 7.84. The first kappa shape index (κ1) is 22.7. The Morgan fingerprint density at radius 3 is 1.94 bits per heavy atom. The molecule has 36 heavy (non-hydrogen) atoms. The number of benzene rings is 2. The Labute approximate surface area is 209 Å². The van der Waals surface area contributed by atoms with Crippen LogP contribution >= 0.6 is 0 Å². The molecule has 0 saturated carbocycles. The first-order valence-corrected chi connectivity index (χ1v) is 12.4. The van der Waals surface area contributed by atoms with Gasteiger partial charge in [0.15, 0.2) is 0 Å². The Hall–Kier alpha value is -3.80. The SMILES string of the molecule is CC(C)=C[C@@H]1c2c(c3ccccc3n(C)c2=O)O[C@@H]2c3c(c4ccccc4n(C)c3=O)OC(C)(C)[C@H]12. The van der Waals surface area contributed by atoms with E-state index in [0.717, 1.165) is 27.4 Å². The van der Waals surface area contributed by atoms with Crippen molar-refractivity contribution in [2.24, 2.45) is 20.0 Å². The summed E-state index contributed by atoms with van der Waals surface area (Å²) in [7, 11) is 3.59. The summed E-state index contributed by atoms with van der Waals surface area (Å²) in [6.45, 7) is 8.14. The van der Waals surface area contributed by atoms with Crippen LogP contribution in [0.5, 0.6) is 11.5 Å². The monoisotopic (exact) mass is 482 g/mol. The van der Waals surface area contributed by atoms with E-state index in [1.165, 1.54) is 0 Å². The smallest absolute Gasteiger partial charge is 0.261 e. The van der Waals surface area contributed by atoms with Crippen LogP contribution in [-0.2, 0) is 14.1 Å². The number of rotatable bonds is 1. The fourth-order valence-electron chi connectivity index (χ4n) is 6.24. The number of pyridine rings is 2. The van der Waals surface area contributed by atoms with Gasteiger partial charge in [0.05, 0.1) is 22.5 Å². The average Bonchev–Trinajstić information content (AvgIpc) is 2.84. The summed E-state index contributed by atoms with van der Waals surface area (Å²) in [5.74, 6) is 0.574. The van der Waals surface area contributed by atoms with Gasteiger partial charge in [0.2, 0.25) is 0 Å². The second kappa shape index (κ2) is 7.60. The first-order chi connectivity index (χ1) is 17.1. The molecule has 2 aromatic carbocycles. The van der Waals surface area contributed by atoms with Crippen molar-refractivity contribution in [1.29, 1.82) is 0 Å². The van der Waals surface area contributed by atoms with Gasteiger partial charge in [-0.2, -0.15) is 0 Å². The number of hydrogen-bond donors (Lipinski definition) is 0. The van der Waals surface area contributed by atoms with E-state index < -0.39 is 11.7 Å². The molecule has 0 radical (unpaired) electrons. The lowest BCUT2D eigenvalue weighted by Crippen LogP contribution is -2.53. The molecule has 6 nitrogen and oxygen atoms in total. The second-order valence-corrected chi connectivity index (χ2v) is 10.8. The lowest BCUT2D eigenvalue weighted by atomic mass is 9.68. The third kappa shape index (κ3) is 2.96. The molecule has 0 spiro atoms. The van der Waals surface area contributed by atoms with Crippen LogP contribution in [0.4, 0.5) is 0 Å². The largest absolute Gasteiger partial charge is 0.486 e. The zero-order chi connectivity index (χ0) is 25.5. The molecule has 2 aromatic heterocycles. The number of fused-ring (bicyclic) bond motifs is 8. The standard InChI is InChI=1S/C30H30N2O4/c1-16(2)15-19-22-25(17-11-7-9-13-20(17)31(5)28(22)33)35-27-23-26(36-30(3,4)24(19)27)18-12-8-10-14-21(18)32(6)29(23)34/h7-15,19,24,27H,1-6H3/t19-,24-,27-/m1/s1. The maximum atomic E-state index is 13.8. The molecule has 0 bridgehead atoms. The van der Waals surface area contributed by atoms with Gasteiger partial charge in [-0.05, 0) is 52.0 Å². The van der Waals surface area contributed by atoms with Crippen molar-refractivity contribution in [3.05, 3.63) is 92.0 Å².